The zero-order valence-electron chi connectivity index (χ0n) is 12.6. The van der Waals surface area contributed by atoms with Crippen molar-refractivity contribution in [1.29, 1.82) is 0 Å². The van der Waals surface area contributed by atoms with Gasteiger partial charge in [-0.25, -0.2) is 14.1 Å². The Morgan fingerprint density at radius 3 is 2.58 bits per heavy atom. The molecule has 0 saturated heterocycles. The van der Waals surface area contributed by atoms with E-state index in [0.29, 0.717) is 5.69 Å². The van der Waals surface area contributed by atoms with Gasteiger partial charge in [-0.05, 0) is 29.8 Å². The lowest BCUT2D eigenvalue weighted by atomic mass is 10.1. The van der Waals surface area contributed by atoms with E-state index in [1.54, 1.807) is 0 Å². The van der Waals surface area contributed by atoms with Crippen LogP contribution in [0.1, 0.15) is 22.3 Å². The van der Waals surface area contributed by atoms with Gasteiger partial charge in [0.1, 0.15) is 12.1 Å². The number of hydrogen-bond donors (Lipinski definition) is 2. The fourth-order valence-electron chi connectivity index (χ4n) is 2.16. The SMILES string of the molecule is O=C(Nc1ccc(F)cc1)c1ncn(C[C@@H](O)c2ccccc2)n1. The summed E-state index contributed by atoms with van der Waals surface area (Å²) in [6.45, 7) is 0.181. The molecule has 1 amide bonds. The fourth-order valence-corrected chi connectivity index (χ4v) is 2.16. The zero-order chi connectivity index (χ0) is 16.9. The first kappa shape index (κ1) is 15.8. The average Bonchev–Trinajstić information content (AvgIpc) is 3.06. The Morgan fingerprint density at radius 1 is 1.17 bits per heavy atom. The second-order valence-electron chi connectivity index (χ2n) is 5.18. The first-order chi connectivity index (χ1) is 11.6. The minimum atomic E-state index is -0.749. The van der Waals surface area contributed by atoms with Gasteiger partial charge in [0.05, 0.1) is 12.6 Å². The Morgan fingerprint density at radius 2 is 1.88 bits per heavy atom. The van der Waals surface area contributed by atoms with Crippen LogP contribution in [0, 0.1) is 5.82 Å². The third-order valence-corrected chi connectivity index (χ3v) is 3.39. The number of amides is 1. The summed E-state index contributed by atoms with van der Waals surface area (Å²) in [5.74, 6) is -0.917. The predicted molar refractivity (Wildman–Crippen MR) is 85.8 cm³/mol. The number of hydrogen-bond acceptors (Lipinski definition) is 4. The smallest absolute Gasteiger partial charge is 0.295 e. The number of halogens is 1. The van der Waals surface area contributed by atoms with Crippen LogP contribution in [0.15, 0.2) is 60.9 Å². The van der Waals surface area contributed by atoms with Crippen molar-refractivity contribution in [2.45, 2.75) is 12.6 Å². The minimum Gasteiger partial charge on any atom is -0.386 e. The molecule has 7 heteroatoms. The molecule has 0 fully saturated rings. The molecule has 2 aromatic carbocycles. The molecule has 122 valence electrons. The number of aliphatic hydroxyl groups is 1. The van der Waals surface area contributed by atoms with Crippen molar-refractivity contribution >= 4 is 11.6 Å². The second kappa shape index (κ2) is 7.01. The molecule has 1 heterocycles. The Labute approximate surface area is 137 Å². The van der Waals surface area contributed by atoms with Crippen molar-refractivity contribution in [3.05, 3.63) is 78.1 Å². The van der Waals surface area contributed by atoms with Gasteiger partial charge in [-0.15, -0.1) is 5.10 Å². The fraction of sp³-hybridized carbons (Fsp3) is 0.118. The molecule has 0 aliphatic carbocycles. The van der Waals surface area contributed by atoms with E-state index in [4.69, 9.17) is 0 Å². The van der Waals surface area contributed by atoms with Crippen LogP contribution in [-0.4, -0.2) is 25.8 Å². The molecule has 0 spiro atoms. The average molecular weight is 326 g/mol. The topological polar surface area (TPSA) is 80.0 Å². The number of carbonyl (C=O) groups is 1. The molecule has 6 nitrogen and oxygen atoms in total. The molecule has 0 unspecified atom stereocenters. The maximum absolute atomic E-state index is 12.8. The Kier molecular flexibility index (Phi) is 4.62. The highest BCUT2D eigenvalue weighted by Crippen LogP contribution is 2.14. The van der Waals surface area contributed by atoms with Crippen LogP contribution in [0.2, 0.25) is 0 Å². The highest BCUT2D eigenvalue weighted by molar-refractivity contribution is 6.01. The monoisotopic (exact) mass is 326 g/mol. The van der Waals surface area contributed by atoms with Crippen LogP contribution in [0.25, 0.3) is 0 Å². The summed E-state index contributed by atoms with van der Waals surface area (Å²) < 4.78 is 14.2. The van der Waals surface area contributed by atoms with Gasteiger partial charge in [0.2, 0.25) is 5.82 Å². The standard InChI is InChI=1S/C17H15FN4O2/c18-13-6-8-14(9-7-13)20-17(24)16-19-11-22(21-16)10-15(23)12-4-2-1-3-5-12/h1-9,11,15,23H,10H2,(H,20,24)/t15-/m1/s1. The van der Waals surface area contributed by atoms with E-state index < -0.39 is 12.0 Å². The molecule has 1 aromatic heterocycles. The third-order valence-electron chi connectivity index (χ3n) is 3.39. The molecule has 0 bridgehead atoms. The number of nitrogens with zero attached hydrogens (tertiary/aromatic N) is 3. The maximum Gasteiger partial charge on any atom is 0.295 e. The summed E-state index contributed by atoms with van der Waals surface area (Å²) in [5.41, 5.74) is 1.20. The molecule has 2 N–H and O–H groups in total. The molecule has 3 rings (SSSR count). The lowest BCUT2D eigenvalue weighted by molar-refractivity contribution is 0.101. The van der Waals surface area contributed by atoms with Gasteiger partial charge in [0.25, 0.3) is 5.91 Å². The number of carbonyl (C=O) groups excluding carboxylic acids is 1. The summed E-state index contributed by atoms with van der Waals surface area (Å²) in [4.78, 5) is 16.0. The van der Waals surface area contributed by atoms with Crippen molar-refractivity contribution in [2.75, 3.05) is 5.32 Å². The van der Waals surface area contributed by atoms with Gasteiger partial charge < -0.3 is 10.4 Å². The Hall–Kier alpha value is -3.06. The van der Waals surface area contributed by atoms with Gasteiger partial charge in [0, 0.05) is 5.69 Å². The molecule has 0 radical (unpaired) electrons. The molecule has 1 atom stereocenters. The van der Waals surface area contributed by atoms with E-state index in [1.165, 1.54) is 35.3 Å². The summed E-state index contributed by atoms with van der Waals surface area (Å²) in [5, 5.41) is 16.8. The Bertz CT molecular complexity index is 818. The first-order valence-electron chi connectivity index (χ1n) is 7.31. The van der Waals surface area contributed by atoms with E-state index in [1.807, 2.05) is 30.3 Å². The van der Waals surface area contributed by atoms with E-state index >= 15 is 0 Å². The summed E-state index contributed by atoms with van der Waals surface area (Å²) in [6.07, 6.45) is 0.632. The Balaban J connectivity index is 1.64. The molecule has 3 aromatic rings. The number of aromatic nitrogens is 3. The van der Waals surface area contributed by atoms with Crippen molar-refractivity contribution in [3.63, 3.8) is 0 Å². The summed E-state index contributed by atoms with van der Waals surface area (Å²) in [6, 6.07) is 14.5. The van der Waals surface area contributed by atoms with E-state index in [-0.39, 0.29) is 18.2 Å². The molecule has 0 aliphatic rings. The number of nitrogens with one attached hydrogen (secondary N) is 1. The van der Waals surface area contributed by atoms with Gasteiger partial charge in [-0.2, -0.15) is 0 Å². The molecule has 0 aliphatic heterocycles. The van der Waals surface area contributed by atoms with Crippen LogP contribution >= 0.6 is 0 Å². The predicted octanol–water partition coefficient (Wildman–Crippen LogP) is 2.40. The lowest BCUT2D eigenvalue weighted by Gasteiger charge is -2.10. The van der Waals surface area contributed by atoms with Crippen molar-refractivity contribution in [1.82, 2.24) is 14.8 Å². The second-order valence-corrected chi connectivity index (χ2v) is 5.18. The lowest BCUT2D eigenvalue weighted by Crippen LogP contribution is -2.15. The maximum atomic E-state index is 12.8. The number of rotatable bonds is 5. The van der Waals surface area contributed by atoms with Crippen molar-refractivity contribution in [3.8, 4) is 0 Å². The van der Waals surface area contributed by atoms with E-state index in [2.05, 4.69) is 15.4 Å². The first-order valence-corrected chi connectivity index (χ1v) is 7.31. The van der Waals surface area contributed by atoms with Crippen LogP contribution in [0.5, 0.6) is 0 Å². The highest BCUT2D eigenvalue weighted by Gasteiger charge is 2.14. The van der Waals surface area contributed by atoms with Gasteiger partial charge in [-0.3, -0.25) is 4.79 Å². The van der Waals surface area contributed by atoms with Crippen molar-refractivity contribution in [2.24, 2.45) is 0 Å². The summed E-state index contributed by atoms with van der Waals surface area (Å²) in [7, 11) is 0. The zero-order valence-corrected chi connectivity index (χ0v) is 12.6. The summed E-state index contributed by atoms with van der Waals surface area (Å²) >= 11 is 0. The molecular weight excluding hydrogens is 311 g/mol. The molecular formula is C17H15FN4O2. The van der Waals surface area contributed by atoms with Gasteiger partial charge in [-0.1, -0.05) is 30.3 Å². The minimum absolute atomic E-state index is 0.0282. The van der Waals surface area contributed by atoms with Gasteiger partial charge >= 0.3 is 0 Å². The van der Waals surface area contributed by atoms with Crippen LogP contribution in [0.3, 0.4) is 0 Å². The van der Waals surface area contributed by atoms with Crippen LogP contribution in [0.4, 0.5) is 10.1 Å². The molecule has 0 saturated carbocycles. The number of aliphatic hydroxyl groups excluding tert-OH is 1. The highest BCUT2D eigenvalue weighted by atomic mass is 19.1. The van der Waals surface area contributed by atoms with Crippen molar-refractivity contribution < 1.29 is 14.3 Å². The van der Waals surface area contributed by atoms with E-state index in [9.17, 15) is 14.3 Å². The third kappa shape index (κ3) is 3.82. The van der Waals surface area contributed by atoms with Gasteiger partial charge in [0.15, 0.2) is 0 Å². The number of anilines is 1. The van der Waals surface area contributed by atoms with Crippen LogP contribution in [-0.2, 0) is 6.54 Å². The molecule has 24 heavy (non-hydrogen) atoms. The normalized spacial score (nSPS) is 11.9. The van der Waals surface area contributed by atoms with E-state index in [0.717, 1.165) is 5.56 Å². The number of benzene rings is 2. The van der Waals surface area contributed by atoms with Crippen LogP contribution < -0.4 is 5.32 Å². The largest absolute Gasteiger partial charge is 0.386 e. The quantitative estimate of drug-likeness (QED) is 0.754.